The minimum absolute atomic E-state index is 0.143. The molecule has 2 N–H and O–H groups in total. The van der Waals surface area contributed by atoms with Gasteiger partial charge in [0.25, 0.3) is 0 Å². The fraction of sp³-hybridized carbons (Fsp3) is 0.500. The number of rotatable bonds is 7. The van der Waals surface area contributed by atoms with Crippen molar-refractivity contribution in [1.82, 2.24) is 4.72 Å². The van der Waals surface area contributed by atoms with Crippen LogP contribution < -0.4 is 4.72 Å². The molecule has 0 aromatic heterocycles. The van der Waals surface area contributed by atoms with Gasteiger partial charge in [0, 0.05) is 0 Å². The maximum absolute atomic E-state index is 12.3. The molecule has 21 heavy (non-hydrogen) atoms. The Hall–Kier alpha value is -1.44. The Labute approximate surface area is 126 Å². The first kappa shape index (κ1) is 17.6. The molecule has 6 nitrogen and oxygen atoms in total. The van der Waals surface area contributed by atoms with Crippen LogP contribution in [0, 0.1) is 6.92 Å². The molecule has 0 bridgehead atoms. The van der Waals surface area contributed by atoms with Gasteiger partial charge in [-0.15, -0.1) is 0 Å². The van der Waals surface area contributed by atoms with Crippen molar-refractivity contribution >= 4 is 16.0 Å². The first-order valence-electron chi connectivity index (χ1n) is 6.61. The van der Waals surface area contributed by atoms with Crippen molar-refractivity contribution < 1.29 is 22.8 Å². The average molecular weight is 315 g/mol. The first-order valence-corrected chi connectivity index (χ1v) is 8.09. The molecule has 1 rings (SSSR count). The normalized spacial score (nSPS) is 13.9. The lowest BCUT2D eigenvalue weighted by Gasteiger charge is -2.29. The molecule has 0 heterocycles. The number of hydrogen-bond donors (Lipinski definition) is 2. The number of aliphatic carboxylic acids is 1. The molecule has 0 aliphatic carbocycles. The highest BCUT2D eigenvalue weighted by molar-refractivity contribution is 7.89. The first-order chi connectivity index (χ1) is 9.49. The molecule has 1 aromatic carbocycles. The van der Waals surface area contributed by atoms with E-state index in [0.717, 1.165) is 5.56 Å². The zero-order valence-electron chi connectivity index (χ0n) is 12.8. The third-order valence-electron chi connectivity index (χ3n) is 2.84. The Morgan fingerprint density at radius 3 is 2.19 bits per heavy atom. The maximum atomic E-state index is 12.3. The summed E-state index contributed by atoms with van der Waals surface area (Å²) in [6.07, 6.45) is -0.249. The van der Waals surface area contributed by atoms with Crippen molar-refractivity contribution in [3.05, 3.63) is 29.8 Å². The summed E-state index contributed by atoms with van der Waals surface area (Å²) in [5.74, 6) is -1.03. The Balaban J connectivity index is 2.95. The zero-order chi connectivity index (χ0) is 16.3. The van der Waals surface area contributed by atoms with Gasteiger partial charge in [0.05, 0.1) is 45.0 Å². The van der Waals surface area contributed by atoms with Crippen molar-refractivity contribution in [3.63, 3.8) is 0 Å². The molecule has 1 atom stereocenters. The van der Waals surface area contributed by atoms with Crippen molar-refractivity contribution in [2.45, 2.75) is 24.3 Å². The SMILES string of the molecule is Cc1ccc(S(=O)(=O)NC(CC(=O)O)C[N+](C)(C)C)cc1. The highest BCUT2D eigenvalue weighted by atomic mass is 32.2. The number of hydrogen-bond acceptors (Lipinski definition) is 3. The van der Waals surface area contributed by atoms with Gasteiger partial charge in [-0.3, -0.25) is 4.79 Å². The predicted octanol–water partition coefficient (Wildman–Crippen LogP) is 0.823. The molecule has 0 radical (unpaired) electrons. The molecule has 0 saturated carbocycles. The van der Waals surface area contributed by atoms with Gasteiger partial charge in [0.2, 0.25) is 10.0 Å². The number of nitrogens with zero attached hydrogens (tertiary/aromatic N) is 1. The highest BCUT2D eigenvalue weighted by Gasteiger charge is 2.26. The van der Waals surface area contributed by atoms with Crippen LogP contribution in [0.4, 0.5) is 0 Å². The number of nitrogens with one attached hydrogen (secondary N) is 1. The molecule has 1 aromatic rings. The number of quaternary nitrogens is 1. The van der Waals surface area contributed by atoms with Gasteiger partial charge in [0.1, 0.15) is 0 Å². The summed E-state index contributed by atoms with van der Waals surface area (Å²) in [4.78, 5) is 11.1. The summed E-state index contributed by atoms with van der Waals surface area (Å²) in [5.41, 5.74) is 0.961. The van der Waals surface area contributed by atoms with E-state index in [0.29, 0.717) is 11.0 Å². The van der Waals surface area contributed by atoms with Crippen LogP contribution in [0.2, 0.25) is 0 Å². The van der Waals surface area contributed by atoms with Crippen LogP contribution in [0.5, 0.6) is 0 Å². The second kappa shape index (κ2) is 6.55. The van der Waals surface area contributed by atoms with Crippen LogP contribution >= 0.6 is 0 Å². The lowest BCUT2D eigenvalue weighted by molar-refractivity contribution is -0.871. The summed E-state index contributed by atoms with van der Waals surface area (Å²) < 4.78 is 27.6. The molecule has 7 heteroatoms. The standard InChI is InChI=1S/C14H22N2O4S/c1-11-5-7-13(8-6-11)21(19,20)15-12(9-14(17)18)10-16(2,3)4/h5-8,12,15H,9-10H2,1-4H3/p+1. The van der Waals surface area contributed by atoms with E-state index in [1.165, 1.54) is 12.1 Å². The molecule has 0 saturated heterocycles. The second-order valence-electron chi connectivity index (χ2n) is 6.20. The van der Waals surface area contributed by atoms with E-state index in [1.807, 2.05) is 28.1 Å². The molecule has 0 spiro atoms. The van der Waals surface area contributed by atoms with Crippen LogP contribution in [-0.4, -0.2) is 57.7 Å². The van der Waals surface area contributed by atoms with E-state index < -0.39 is 22.0 Å². The number of aryl methyl sites for hydroxylation is 1. The van der Waals surface area contributed by atoms with Gasteiger partial charge in [-0.1, -0.05) is 17.7 Å². The van der Waals surface area contributed by atoms with E-state index >= 15 is 0 Å². The van der Waals surface area contributed by atoms with Gasteiger partial charge in [0.15, 0.2) is 0 Å². The van der Waals surface area contributed by atoms with Crippen molar-refractivity contribution in [3.8, 4) is 0 Å². The second-order valence-corrected chi connectivity index (χ2v) is 7.92. The number of sulfonamides is 1. The monoisotopic (exact) mass is 315 g/mol. The van der Waals surface area contributed by atoms with Crippen LogP contribution in [0.3, 0.4) is 0 Å². The van der Waals surface area contributed by atoms with Crippen molar-refractivity contribution in [2.24, 2.45) is 0 Å². The molecular weight excluding hydrogens is 292 g/mol. The Bertz CT molecular complexity index is 588. The molecule has 0 aliphatic heterocycles. The third-order valence-corrected chi connectivity index (χ3v) is 4.38. The van der Waals surface area contributed by atoms with Gasteiger partial charge in [-0.2, -0.15) is 0 Å². The van der Waals surface area contributed by atoms with E-state index in [4.69, 9.17) is 5.11 Å². The Morgan fingerprint density at radius 1 is 1.24 bits per heavy atom. The average Bonchev–Trinajstić information content (AvgIpc) is 2.25. The number of likely N-dealkylation sites (N-methyl/N-ethyl adjacent to an activating group) is 1. The molecule has 1 unspecified atom stereocenters. The maximum Gasteiger partial charge on any atom is 0.305 e. The summed E-state index contributed by atoms with van der Waals surface area (Å²) in [6, 6.07) is 5.79. The topological polar surface area (TPSA) is 83.5 Å². The van der Waals surface area contributed by atoms with E-state index in [9.17, 15) is 13.2 Å². The van der Waals surface area contributed by atoms with E-state index in [-0.39, 0.29) is 11.3 Å². The van der Waals surface area contributed by atoms with Crippen molar-refractivity contribution in [2.75, 3.05) is 27.7 Å². The number of benzene rings is 1. The third kappa shape index (κ3) is 6.24. The van der Waals surface area contributed by atoms with Crippen molar-refractivity contribution in [1.29, 1.82) is 0 Å². The number of carboxylic acid groups (broad SMARTS) is 1. The fourth-order valence-electron chi connectivity index (χ4n) is 2.02. The quantitative estimate of drug-likeness (QED) is 0.730. The fourth-order valence-corrected chi connectivity index (χ4v) is 3.25. The molecule has 118 valence electrons. The lowest BCUT2D eigenvalue weighted by atomic mass is 10.2. The van der Waals surface area contributed by atoms with Crippen LogP contribution in [0.15, 0.2) is 29.2 Å². The minimum Gasteiger partial charge on any atom is -0.481 e. The van der Waals surface area contributed by atoms with Crippen LogP contribution in [0.25, 0.3) is 0 Å². The highest BCUT2D eigenvalue weighted by Crippen LogP contribution is 2.12. The summed E-state index contributed by atoms with van der Waals surface area (Å²) in [7, 11) is 1.93. The van der Waals surface area contributed by atoms with Gasteiger partial charge in [-0.25, -0.2) is 13.1 Å². The number of carbonyl (C=O) groups is 1. The molecule has 0 amide bonds. The molecule has 0 fully saturated rings. The predicted molar refractivity (Wildman–Crippen MR) is 80.4 cm³/mol. The lowest BCUT2D eigenvalue weighted by Crippen LogP contribution is -2.49. The summed E-state index contributed by atoms with van der Waals surface area (Å²) in [6.45, 7) is 2.26. The van der Waals surface area contributed by atoms with Gasteiger partial charge >= 0.3 is 5.97 Å². The molecule has 0 aliphatic rings. The van der Waals surface area contributed by atoms with E-state index in [1.54, 1.807) is 12.1 Å². The summed E-state index contributed by atoms with van der Waals surface area (Å²) >= 11 is 0. The largest absolute Gasteiger partial charge is 0.481 e. The zero-order valence-corrected chi connectivity index (χ0v) is 13.6. The molecular formula is C14H23N2O4S+. The van der Waals surface area contributed by atoms with E-state index in [2.05, 4.69) is 4.72 Å². The van der Waals surface area contributed by atoms with Gasteiger partial charge < -0.3 is 9.59 Å². The van der Waals surface area contributed by atoms with Crippen LogP contribution in [0.1, 0.15) is 12.0 Å². The Morgan fingerprint density at radius 2 is 1.76 bits per heavy atom. The minimum atomic E-state index is -3.72. The van der Waals surface area contributed by atoms with Gasteiger partial charge in [-0.05, 0) is 19.1 Å². The van der Waals surface area contributed by atoms with Crippen LogP contribution in [-0.2, 0) is 14.8 Å². The smallest absolute Gasteiger partial charge is 0.305 e. The summed E-state index contributed by atoms with van der Waals surface area (Å²) in [5, 5.41) is 8.94. The number of carboxylic acids is 1. The Kier molecular flexibility index (Phi) is 5.49.